The van der Waals surface area contributed by atoms with Crippen LogP contribution in [-0.4, -0.2) is 32.1 Å². The molecule has 1 heterocycles. The first-order chi connectivity index (χ1) is 8.10. The van der Waals surface area contributed by atoms with Gasteiger partial charge in [0.05, 0.1) is 6.61 Å². The summed E-state index contributed by atoms with van der Waals surface area (Å²) in [6, 6.07) is 3.93. The highest BCUT2D eigenvalue weighted by molar-refractivity contribution is 5.91. The molecule has 1 rings (SSSR count). The van der Waals surface area contributed by atoms with E-state index in [1.165, 1.54) is 6.92 Å². The summed E-state index contributed by atoms with van der Waals surface area (Å²) in [5.74, 6) is 1.10. The predicted molar refractivity (Wildman–Crippen MR) is 67.7 cm³/mol. The topological polar surface area (TPSA) is 42.7 Å². The number of ether oxygens (including phenoxy) is 1. The van der Waals surface area contributed by atoms with E-state index in [2.05, 4.69) is 18.7 Å². The van der Waals surface area contributed by atoms with Crippen LogP contribution < -0.4 is 4.90 Å². The van der Waals surface area contributed by atoms with E-state index in [9.17, 15) is 4.79 Å². The molecule has 0 aliphatic carbocycles. The molecule has 1 unspecified atom stereocenters. The molecule has 96 valence electrons. The maximum absolute atomic E-state index is 11.2. The summed E-state index contributed by atoms with van der Waals surface area (Å²) in [6.07, 6.45) is 1.01. The van der Waals surface area contributed by atoms with Crippen molar-refractivity contribution >= 4 is 11.7 Å². The number of hydrogen-bond acceptors (Lipinski definition) is 4. The van der Waals surface area contributed by atoms with Crippen LogP contribution in [0.4, 0.5) is 5.88 Å². The summed E-state index contributed by atoms with van der Waals surface area (Å²) in [4.78, 5) is 13.3. The summed E-state index contributed by atoms with van der Waals surface area (Å²) in [6.45, 7) is 7.16. The lowest BCUT2D eigenvalue weighted by atomic mass is 10.2. The van der Waals surface area contributed by atoms with Crippen molar-refractivity contribution in [3.8, 4) is 0 Å². The molecule has 1 aromatic rings. The zero-order valence-electron chi connectivity index (χ0n) is 11.0. The van der Waals surface area contributed by atoms with Gasteiger partial charge in [-0.15, -0.1) is 0 Å². The first-order valence-electron chi connectivity index (χ1n) is 5.96. The summed E-state index contributed by atoms with van der Waals surface area (Å²) in [7, 11) is 1.68. The van der Waals surface area contributed by atoms with Crippen molar-refractivity contribution in [3.05, 3.63) is 17.9 Å². The van der Waals surface area contributed by atoms with Gasteiger partial charge in [-0.25, -0.2) is 0 Å². The number of carbonyl (C=O) groups is 1. The Balaban J connectivity index is 2.83. The lowest BCUT2D eigenvalue weighted by Gasteiger charge is -2.27. The molecule has 0 aromatic carbocycles. The van der Waals surface area contributed by atoms with Crippen LogP contribution in [0.3, 0.4) is 0 Å². The Morgan fingerprint density at radius 2 is 2.24 bits per heavy atom. The molecule has 0 saturated heterocycles. The summed E-state index contributed by atoms with van der Waals surface area (Å²) >= 11 is 0. The number of carbonyl (C=O) groups excluding carboxylic acids is 1. The van der Waals surface area contributed by atoms with Gasteiger partial charge < -0.3 is 14.1 Å². The molecule has 0 bridgehead atoms. The monoisotopic (exact) mass is 239 g/mol. The Morgan fingerprint density at radius 1 is 1.53 bits per heavy atom. The molecule has 1 aromatic heterocycles. The van der Waals surface area contributed by atoms with Crippen molar-refractivity contribution in [1.29, 1.82) is 0 Å². The largest absolute Gasteiger partial charge is 0.437 e. The standard InChI is InChI=1S/C13H21NO3/c1-5-10(2)14(8-9-16-4)13-7-6-12(17-13)11(3)15/h6-7,10H,5,8-9H2,1-4H3. The molecule has 0 aliphatic rings. The molecular formula is C13H21NO3. The Morgan fingerprint density at radius 3 is 2.71 bits per heavy atom. The average molecular weight is 239 g/mol. The van der Waals surface area contributed by atoms with Crippen molar-refractivity contribution in [2.75, 3.05) is 25.2 Å². The summed E-state index contributed by atoms with van der Waals surface area (Å²) < 4.78 is 10.6. The van der Waals surface area contributed by atoms with Crippen LogP contribution in [0, 0.1) is 0 Å². The molecule has 0 spiro atoms. The molecule has 17 heavy (non-hydrogen) atoms. The second kappa shape index (κ2) is 6.45. The van der Waals surface area contributed by atoms with Crippen molar-refractivity contribution < 1.29 is 13.9 Å². The minimum absolute atomic E-state index is 0.0490. The number of nitrogens with zero attached hydrogens (tertiary/aromatic N) is 1. The molecule has 0 fully saturated rings. The van der Waals surface area contributed by atoms with Gasteiger partial charge in [-0.1, -0.05) is 6.92 Å². The van der Waals surface area contributed by atoms with Crippen molar-refractivity contribution in [2.24, 2.45) is 0 Å². The fourth-order valence-electron chi connectivity index (χ4n) is 1.63. The minimum atomic E-state index is -0.0490. The maximum atomic E-state index is 11.2. The van der Waals surface area contributed by atoms with Gasteiger partial charge in [0, 0.05) is 32.7 Å². The van der Waals surface area contributed by atoms with E-state index in [4.69, 9.17) is 9.15 Å². The highest BCUT2D eigenvalue weighted by atomic mass is 16.5. The van der Waals surface area contributed by atoms with Crippen LogP contribution in [0.2, 0.25) is 0 Å². The molecule has 0 radical (unpaired) electrons. The highest BCUT2D eigenvalue weighted by Crippen LogP contribution is 2.22. The van der Waals surface area contributed by atoms with E-state index in [1.54, 1.807) is 13.2 Å². The fraction of sp³-hybridized carbons (Fsp3) is 0.615. The van der Waals surface area contributed by atoms with Gasteiger partial charge in [0.1, 0.15) is 0 Å². The average Bonchev–Trinajstić information content (AvgIpc) is 2.78. The van der Waals surface area contributed by atoms with Gasteiger partial charge >= 0.3 is 0 Å². The first kappa shape index (κ1) is 13.8. The molecule has 0 N–H and O–H groups in total. The van der Waals surface area contributed by atoms with E-state index < -0.39 is 0 Å². The number of rotatable bonds is 7. The number of hydrogen-bond donors (Lipinski definition) is 0. The van der Waals surface area contributed by atoms with E-state index in [0.29, 0.717) is 18.4 Å². The number of furan rings is 1. The second-order valence-corrected chi connectivity index (χ2v) is 4.14. The van der Waals surface area contributed by atoms with Gasteiger partial charge in [-0.3, -0.25) is 4.79 Å². The second-order valence-electron chi connectivity index (χ2n) is 4.14. The minimum Gasteiger partial charge on any atom is -0.437 e. The van der Waals surface area contributed by atoms with Crippen LogP contribution in [0.1, 0.15) is 37.7 Å². The quantitative estimate of drug-likeness (QED) is 0.686. The normalized spacial score (nSPS) is 12.5. The fourth-order valence-corrected chi connectivity index (χ4v) is 1.63. The van der Waals surface area contributed by atoms with Gasteiger partial charge in [-0.05, 0) is 19.4 Å². The zero-order chi connectivity index (χ0) is 12.8. The Kier molecular flexibility index (Phi) is 5.22. The Labute approximate surface area is 103 Å². The van der Waals surface area contributed by atoms with E-state index in [0.717, 1.165) is 18.8 Å². The lowest BCUT2D eigenvalue weighted by molar-refractivity contribution is 0.0987. The van der Waals surface area contributed by atoms with Gasteiger partial charge in [0.15, 0.2) is 17.4 Å². The first-order valence-corrected chi connectivity index (χ1v) is 5.96. The van der Waals surface area contributed by atoms with Gasteiger partial charge in [0.2, 0.25) is 0 Å². The van der Waals surface area contributed by atoms with Crippen LogP contribution in [0.5, 0.6) is 0 Å². The van der Waals surface area contributed by atoms with E-state index in [-0.39, 0.29) is 5.78 Å². The molecule has 1 atom stereocenters. The summed E-state index contributed by atoms with van der Waals surface area (Å²) in [5, 5.41) is 0. The lowest BCUT2D eigenvalue weighted by Crippen LogP contribution is -2.35. The summed E-state index contributed by atoms with van der Waals surface area (Å²) in [5.41, 5.74) is 0. The third-order valence-corrected chi connectivity index (χ3v) is 2.88. The van der Waals surface area contributed by atoms with Crippen molar-refractivity contribution in [1.82, 2.24) is 0 Å². The molecule has 0 amide bonds. The zero-order valence-corrected chi connectivity index (χ0v) is 11.0. The van der Waals surface area contributed by atoms with Gasteiger partial charge in [-0.2, -0.15) is 0 Å². The molecule has 4 nitrogen and oxygen atoms in total. The Hall–Kier alpha value is -1.29. The predicted octanol–water partition coefficient (Wildman–Crippen LogP) is 2.73. The van der Waals surface area contributed by atoms with Crippen molar-refractivity contribution in [3.63, 3.8) is 0 Å². The van der Waals surface area contributed by atoms with Crippen LogP contribution in [0.25, 0.3) is 0 Å². The van der Waals surface area contributed by atoms with E-state index >= 15 is 0 Å². The maximum Gasteiger partial charge on any atom is 0.196 e. The van der Waals surface area contributed by atoms with Crippen LogP contribution >= 0.6 is 0 Å². The smallest absolute Gasteiger partial charge is 0.196 e. The number of anilines is 1. The highest BCUT2D eigenvalue weighted by Gasteiger charge is 2.17. The SMILES string of the molecule is CCC(C)N(CCOC)c1ccc(C(C)=O)o1. The molecule has 0 aliphatic heterocycles. The number of Topliss-reactive ketones (excluding diaryl/α,β-unsaturated/α-hetero) is 1. The molecule has 0 saturated carbocycles. The van der Waals surface area contributed by atoms with Gasteiger partial charge in [0.25, 0.3) is 0 Å². The number of ketones is 1. The third-order valence-electron chi connectivity index (χ3n) is 2.88. The van der Waals surface area contributed by atoms with Crippen molar-refractivity contribution in [2.45, 2.75) is 33.2 Å². The third kappa shape index (κ3) is 3.60. The molecular weight excluding hydrogens is 218 g/mol. The van der Waals surface area contributed by atoms with Crippen LogP contribution in [0.15, 0.2) is 16.5 Å². The molecule has 4 heteroatoms. The van der Waals surface area contributed by atoms with E-state index in [1.807, 2.05) is 6.07 Å². The number of methoxy groups -OCH3 is 1. The van der Waals surface area contributed by atoms with Crippen LogP contribution in [-0.2, 0) is 4.74 Å². The Bertz CT molecular complexity index is 359.